The van der Waals surface area contributed by atoms with Gasteiger partial charge in [0.1, 0.15) is 23.9 Å². The summed E-state index contributed by atoms with van der Waals surface area (Å²) in [7, 11) is 1.39. The normalized spacial score (nSPS) is 15.7. The summed E-state index contributed by atoms with van der Waals surface area (Å²) >= 11 is 0. The van der Waals surface area contributed by atoms with Crippen LogP contribution in [0.25, 0.3) is 10.9 Å². The topological polar surface area (TPSA) is 60.5 Å². The number of ether oxygens (including phenoxy) is 2. The number of nitrogens with zero attached hydrogens (tertiary/aromatic N) is 1. The lowest BCUT2D eigenvalue weighted by Gasteiger charge is -2.17. The lowest BCUT2D eigenvalue weighted by molar-refractivity contribution is -0.144. The molecule has 0 amide bonds. The Balaban J connectivity index is 1.73. The summed E-state index contributed by atoms with van der Waals surface area (Å²) < 4.78 is 10.6. The lowest BCUT2D eigenvalue weighted by Crippen LogP contribution is -2.43. The van der Waals surface area contributed by atoms with Gasteiger partial charge in [0.2, 0.25) is 0 Å². The maximum atomic E-state index is 11.8. The van der Waals surface area contributed by atoms with E-state index in [0.29, 0.717) is 11.8 Å². The molecule has 1 unspecified atom stereocenters. The Morgan fingerprint density at radius 1 is 1.38 bits per heavy atom. The quantitative estimate of drug-likeness (QED) is 0.822. The van der Waals surface area contributed by atoms with E-state index in [9.17, 15) is 4.79 Å². The van der Waals surface area contributed by atoms with Crippen LogP contribution in [0, 0.1) is 0 Å². The Morgan fingerprint density at radius 2 is 2.19 bits per heavy atom. The predicted molar refractivity (Wildman–Crippen MR) is 79.2 cm³/mol. The minimum Gasteiger partial charge on any atom is -0.489 e. The predicted octanol–water partition coefficient (Wildman–Crippen LogP) is 1.91. The van der Waals surface area contributed by atoms with Gasteiger partial charge in [-0.05, 0) is 25.0 Å². The summed E-state index contributed by atoms with van der Waals surface area (Å²) in [5.41, 5.74) is 0.801. The molecule has 1 saturated carbocycles. The molecule has 0 aliphatic heterocycles. The van der Waals surface area contributed by atoms with Gasteiger partial charge < -0.3 is 9.47 Å². The number of nitrogens with one attached hydrogen (secondary N) is 1. The Kier molecular flexibility index (Phi) is 4.01. The van der Waals surface area contributed by atoms with Gasteiger partial charge >= 0.3 is 5.97 Å². The summed E-state index contributed by atoms with van der Waals surface area (Å²) in [6, 6.07) is 9.59. The molecule has 5 heteroatoms. The minimum absolute atomic E-state index is 0.235. The summed E-state index contributed by atoms with van der Waals surface area (Å²) in [5.74, 6) is 0.384. The number of benzene rings is 1. The van der Waals surface area contributed by atoms with Crippen LogP contribution in [0.5, 0.6) is 5.75 Å². The zero-order valence-electron chi connectivity index (χ0n) is 11.9. The third kappa shape index (κ3) is 3.31. The zero-order valence-corrected chi connectivity index (χ0v) is 11.9. The first-order valence-electron chi connectivity index (χ1n) is 7.08. The second-order valence-corrected chi connectivity index (χ2v) is 5.16. The average Bonchev–Trinajstić information content (AvgIpc) is 3.34. The fourth-order valence-corrected chi connectivity index (χ4v) is 2.23. The Hall–Kier alpha value is -2.14. The van der Waals surface area contributed by atoms with E-state index in [1.807, 2.05) is 30.3 Å². The third-order valence-corrected chi connectivity index (χ3v) is 3.50. The fourth-order valence-electron chi connectivity index (χ4n) is 2.23. The van der Waals surface area contributed by atoms with Crippen LogP contribution in [0.1, 0.15) is 12.8 Å². The van der Waals surface area contributed by atoms with Crippen molar-refractivity contribution >= 4 is 16.9 Å². The first-order valence-corrected chi connectivity index (χ1v) is 7.08. The van der Waals surface area contributed by atoms with Crippen LogP contribution in [0.4, 0.5) is 0 Å². The van der Waals surface area contributed by atoms with E-state index in [1.54, 1.807) is 6.20 Å². The molecule has 1 heterocycles. The van der Waals surface area contributed by atoms with Crippen molar-refractivity contribution in [1.82, 2.24) is 10.3 Å². The van der Waals surface area contributed by atoms with Gasteiger partial charge in [-0.1, -0.05) is 18.2 Å². The molecule has 1 atom stereocenters. The molecular formula is C16H18N2O3. The molecule has 1 N–H and O–H groups in total. The molecule has 21 heavy (non-hydrogen) atoms. The number of aromatic nitrogens is 1. The van der Waals surface area contributed by atoms with Crippen LogP contribution in [0.3, 0.4) is 0 Å². The number of para-hydroxylation sites is 1. The van der Waals surface area contributed by atoms with E-state index in [2.05, 4.69) is 10.3 Å². The first kappa shape index (κ1) is 13.8. The van der Waals surface area contributed by atoms with E-state index in [-0.39, 0.29) is 12.6 Å². The highest BCUT2D eigenvalue weighted by Gasteiger charge is 2.29. The molecule has 1 aliphatic rings. The summed E-state index contributed by atoms with van der Waals surface area (Å²) in [6.07, 6.45) is 3.93. The molecule has 0 spiro atoms. The van der Waals surface area contributed by atoms with Gasteiger partial charge in [0, 0.05) is 17.6 Å². The number of methoxy groups -OCH3 is 1. The number of esters is 1. The molecule has 1 aromatic heterocycles. The highest BCUT2D eigenvalue weighted by molar-refractivity contribution is 5.84. The number of rotatable bonds is 6. The summed E-state index contributed by atoms with van der Waals surface area (Å²) in [6.45, 7) is 0.235. The standard InChI is InChI=1S/C16H18N2O3/c1-20-16(19)13(18-12-7-8-12)10-21-14-6-2-4-11-5-3-9-17-15(11)14/h2-6,9,12-13,18H,7-8,10H2,1H3. The lowest BCUT2D eigenvalue weighted by atomic mass is 10.2. The number of fused-ring (bicyclic) bond motifs is 1. The summed E-state index contributed by atoms with van der Waals surface area (Å²) in [5, 5.41) is 4.25. The largest absolute Gasteiger partial charge is 0.489 e. The zero-order chi connectivity index (χ0) is 14.7. The van der Waals surface area contributed by atoms with E-state index >= 15 is 0 Å². The van der Waals surface area contributed by atoms with Crippen molar-refractivity contribution in [2.75, 3.05) is 13.7 Å². The molecule has 3 rings (SSSR count). The van der Waals surface area contributed by atoms with Gasteiger partial charge in [0.05, 0.1) is 7.11 Å². The van der Waals surface area contributed by atoms with Crippen LogP contribution < -0.4 is 10.1 Å². The highest BCUT2D eigenvalue weighted by Crippen LogP contribution is 2.24. The second-order valence-electron chi connectivity index (χ2n) is 5.16. The molecule has 1 fully saturated rings. The second kappa shape index (κ2) is 6.10. The SMILES string of the molecule is COC(=O)C(COc1cccc2cccnc12)NC1CC1. The van der Waals surface area contributed by atoms with Crippen LogP contribution in [0.15, 0.2) is 36.5 Å². The average molecular weight is 286 g/mol. The van der Waals surface area contributed by atoms with Crippen molar-refractivity contribution in [3.8, 4) is 5.75 Å². The monoisotopic (exact) mass is 286 g/mol. The van der Waals surface area contributed by atoms with Crippen LogP contribution in [-0.2, 0) is 9.53 Å². The molecular weight excluding hydrogens is 268 g/mol. The van der Waals surface area contributed by atoms with Crippen LogP contribution in [-0.4, -0.2) is 36.8 Å². The smallest absolute Gasteiger partial charge is 0.326 e. The number of hydrogen-bond acceptors (Lipinski definition) is 5. The van der Waals surface area contributed by atoms with E-state index in [0.717, 1.165) is 23.7 Å². The van der Waals surface area contributed by atoms with E-state index in [4.69, 9.17) is 9.47 Å². The van der Waals surface area contributed by atoms with Crippen molar-refractivity contribution in [3.63, 3.8) is 0 Å². The summed E-state index contributed by atoms with van der Waals surface area (Å²) in [4.78, 5) is 16.1. The van der Waals surface area contributed by atoms with Gasteiger partial charge in [0.25, 0.3) is 0 Å². The van der Waals surface area contributed by atoms with Crippen molar-refractivity contribution in [3.05, 3.63) is 36.5 Å². The Bertz CT molecular complexity index is 635. The van der Waals surface area contributed by atoms with Gasteiger partial charge in [0.15, 0.2) is 0 Å². The van der Waals surface area contributed by atoms with Gasteiger partial charge in [-0.25, -0.2) is 0 Å². The molecule has 1 aromatic carbocycles. The highest BCUT2D eigenvalue weighted by atomic mass is 16.5. The third-order valence-electron chi connectivity index (χ3n) is 3.50. The fraction of sp³-hybridized carbons (Fsp3) is 0.375. The van der Waals surface area contributed by atoms with Crippen molar-refractivity contribution in [2.24, 2.45) is 0 Å². The molecule has 0 bridgehead atoms. The molecule has 110 valence electrons. The van der Waals surface area contributed by atoms with Gasteiger partial charge in [-0.3, -0.25) is 15.1 Å². The number of hydrogen-bond donors (Lipinski definition) is 1. The van der Waals surface area contributed by atoms with Crippen LogP contribution in [0.2, 0.25) is 0 Å². The number of carbonyl (C=O) groups excluding carboxylic acids is 1. The van der Waals surface area contributed by atoms with E-state index in [1.165, 1.54) is 7.11 Å². The molecule has 5 nitrogen and oxygen atoms in total. The first-order chi connectivity index (χ1) is 10.3. The maximum Gasteiger partial charge on any atom is 0.326 e. The molecule has 2 aromatic rings. The van der Waals surface area contributed by atoms with Crippen molar-refractivity contribution in [1.29, 1.82) is 0 Å². The maximum absolute atomic E-state index is 11.8. The van der Waals surface area contributed by atoms with Gasteiger partial charge in [-0.15, -0.1) is 0 Å². The van der Waals surface area contributed by atoms with Crippen LogP contribution >= 0.6 is 0 Å². The minimum atomic E-state index is -0.443. The van der Waals surface area contributed by atoms with E-state index < -0.39 is 6.04 Å². The number of pyridine rings is 1. The molecule has 0 radical (unpaired) electrons. The van der Waals surface area contributed by atoms with Gasteiger partial charge in [-0.2, -0.15) is 0 Å². The number of carbonyl (C=O) groups is 1. The Labute approximate surface area is 123 Å². The molecule has 0 saturated heterocycles. The molecule has 1 aliphatic carbocycles. The van der Waals surface area contributed by atoms with Crippen molar-refractivity contribution < 1.29 is 14.3 Å². The van der Waals surface area contributed by atoms with Crippen molar-refractivity contribution in [2.45, 2.75) is 24.9 Å². The Morgan fingerprint density at radius 3 is 2.95 bits per heavy atom.